The van der Waals surface area contributed by atoms with Gasteiger partial charge in [-0.2, -0.15) is 0 Å². The maximum atomic E-state index is 12.4. The molecular formula is C34H49N3O6. The number of carboxylic acids is 1. The maximum Gasteiger partial charge on any atom is 0.339 e. The first-order valence-corrected chi connectivity index (χ1v) is 15.1. The zero-order chi connectivity index (χ0) is 31.5. The number of hydrogen-bond donors (Lipinski definition) is 5. The SMILES string of the molecule is CC/C=C\C/C=C\C/C=C\C/C=C\C/C=C\CCCCO[C@@H](CC)C(=O)NCCNC(=O)Nc1ccc(O)c(C(=O)O)c1. The molecule has 9 nitrogen and oxygen atoms in total. The molecule has 1 atom stereocenters. The molecule has 0 aromatic heterocycles. The summed E-state index contributed by atoms with van der Waals surface area (Å²) in [5, 5.41) is 26.4. The minimum atomic E-state index is -1.30. The summed E-state index contributed by atoms with van der Waals surface area (Å²) in [5.41, 5.74) is -0.0950. The second kappa shape index (κ2) is 24.5. The fraction of sp³-hybridized carbons (Fsp3) is 0.441. The van der Waals surface area contributed by atoms with Gasteiger partial charge in [0.15, 0.2) is 0 Å². The van der Waals surface area contributed by atoms with Gasteiger partial charge in [0.05, 0.1) is 0 Å². The Kier molecular flexibility index (Phi) is 21.0. The Morgan fingerprint density at radius 3 is 1.98 bits per heavy atom. The number of benzene rings is 1. The molecule has 0 bridgehead atoms. The van der Waals surface area contributed by atoms with Crippen molar-refractivity contribution in [3.05, 3.63) is 84.5 Å². The smallest absolute Gasteiger partial charge is 0.339 e. The average molecular weight is 596 g/mol. The Hall–Kier alpha value is -4.11. The number of phenols is 1. The minimum Gasteiger partial charge on any atom is -0.507 e. The van der Waals surface area contributed by atoms with E-state index in [9.17, 15) is 19.5 Å². The lowest BCUT2D eigenvalue weighted by Gasteiger charge is -2.16. The number of hydrogen-bond acceptors (Lipinski definition) is 5. The molecule has 9 heteroatoms. The van der Waals surface area contributed by atoms with Gasteiger partial charge in [0.2, 0.25) is 5.91 Å². The van der Waals surface area contributed by atoms with Crippen LogP contribution in [0, 0.1) is 0 Å². The highest BCUT2D eigenvalue weighted by molar-refractivity contribution is 5.95. The Morgan fingerprint density at radius 2 is 1.40 bits per heavy atom. The molecule has 0 aliphatic carbocycles. The number of urea groups is 1. The van der Waals surface area contributed by atoms with Crippen molar-refractivity contribution in [2.45, 2.75) is 77.7 Å². The highest BCUT2D eigenvalue weighted by atomic mass is 16.5. The van der Waals surface area contributed by atoms with Crippen molar-refractivity contribution < 1.29 is 29.3 Å². The van der Waals surface area contributed by atoms with Gasteiger partial charge in [-0.3, -0.25) is 4.79 Å². The Bertz CT molecular complexity index is 1110. The normalized spacial score (nSPS) is 12.6. The average Bonchev–Trinajstić information content (AvgIpc) is 2.99. The van der Waals surface area contributed by atoms with Crippen molar-refractivity contribution >= 4 is 23.6 Å². The largest absolute Gasteiger partial charge is 0.507 e. The number of aromatic carboxylic acids is 1. The van der Waals surface area contributed by atoms with Crippen LogP contribution in [0.25, 0.3) is 0 Å². The Morgan fingerprint density at radius 1 is 0.814 bits per heavy atom. The highest BCUT2D eigenvalue weighted by Crippen LogP contribution is 2.21. The highest BCUT2D eigenvalue weighted by Gasteiger charge is 2.16. The number of amides is 3. The fourth-order valence-corrected chi connectivity index (χ4v) is 3.77. The van der Waals surface area contributed by atoms with E-state index in [-0.39, 0.29) is 36.0 Å². The lowest BCUT2D eigenvalue weighted by Crippen LogP contribution is -2.41. The summed E-state index contributed by atoms with van der Waals surface area (Å²) in [6.45, 7) is 4.91. The molecule has 3 amide bonds. The number of carbonyl (C=O) groups is 3. The lowest BCUT2D eigenvalue weighted by molar-refractivity contribution is -0.133. The Balaban J connectivity index is 2.10. The van der Waals surface area contributed by atoms with E-state index in [4.69, 9.17) is 9.84 Å². The van der Waals surface area contributed by atoms with Crippen LogP contribution in [0.5, 0.6) is 5.75 Å². The van der Waals surface area contributed by atoms with Crippen molar-refractivity contribution in [2.75, 3.05) is 25.0 Å². The third-order valence-corrected chi connectivity index (χ3v) is 6.10. The molecule has 5 N–H and O–H groups in total. The molecule has 0 fully saturated rings. The van der Waals surface area contributed by atoms with Crippen molar-refractivity contribution in [3.63, 3.8) is 0 Å². The molecule has 0 aliphatic heterocycles. The van der Waals surface area contributed by atoms with Crippen molar-refractivity contribution in [2.24, 2.45) is 0 Å². The fourth-order valence-electron chi connectivity index (χ4n) is 3.77. The first-order chi connectivity index (χ1) is 20.9. The summed E-state index contributed by atoms with van der Waals surface area (Å²) in [5.74, 6) is -1.92. The van der Waals surface area contributed by atoms with E-state index < -0.39 is 18.1 Å². The third kappa shape index (κ3) is 18.8. The van der Waals surface area contributed by atoms with Gasteiger partial charge in [0.1, 0.15) is 17.4 Å². The summed E-state index contributed by atoms with van der Waals surface area (Å²) in [6, 6.07) is 3.17. The molecule has 236 valence electrons. The van der Waals surface area contributed by atoms with E-state index in [1.807, 2.05) is 6.92 Å². The van der Waals surface area contributed by atoms with Gasteiger partial charge >= 0.3 is 12.0 Å². The summed E-state index contributed by atoms with van der Waals surface area (Å²) in [4.78, 5) is 35.5. The first kappa shape index (κ1) is 36.9. The minimum absolute atomic E-state index is 0.172. The van der Waals surface area contributed by atoms with Crippen LogP contribution in [0.15, 0.2) is 79.0 Å². The Labute approximate surface area is 256 Å². The molecule has 0 heterocycles. The van der Waals surface area contributed by atoms with Crippen LogP contribution in [0.1, 0.15) is 82.0 Å². The van der Waals surface area contributed by atoms with Crippen molar-refractivity contribution in [3.8, 4) is 5.75 Å². The molecule has 0 saturated carbocycles. The molecule has 1 aromatic rings. The number of carboxylic acid groups (broad SMARTS) is 1. The molecule has 0 aliphatic rings. The van der Waals surface area contributed by atoms with Crippen LogP contribution < -0.4 is 16.0 Å². The van der Waals surface area contributed by atoms with Crippen molar-refractivity contribution in [1.29, 1.82) is 0 Å². The van der Waals surface area contributed by atoms with Crippen LogP contribution in [0.3, 0.4) is 0 Å². The number of ether oxygens (including phenoxy) is 1. The van der Waals surface area contributed by atoms with E-state index in [1.165, 1.54) is 12.1 Å². The summed E-state index contributed by atoms with van der Waals surface area (Å²) >= 11 is 0. The number of allylic oxidation sites excluding steroid dienone is 10. The summed E-state index contributed by atoms with van der Waals surface area (Å²) in [7, 11) is 0. The molecule has 0 saturated heterocycles. The molecule has 0 spiro atoms. The molecule has 1 rings (SSSR count). The van der Waals surface area contributed by atoms with Crippen LogP contribution in [0.2, 0.25) is 0 Å². The first-order valence-electron chi connectivity index (χ1n) is 15.1. The molecule has 1 aromatic carbocycles. The standard InChI is InChI=1S/C34H49N3O6/c1-3-5-6-7-8-9-10-11-12-13-14-15-16-17-18-19-20-21-26-43-31(4-2)32(39)35-24-25-36-34(42)37-28-22-23-30(38)29(27-28)33(40)41/h5-6,8-9,11-12,14-15,17-18,22-23,27,31,38H,3-4,7,10,13,16,19-21,24-26H2,1-2H3,(H,35,39)(H,40,41)(H2,36,37,42)/b6-5-,9-8-,12-11-,15-14-,18-17-/t31-/m0/s1. The zero-order valence-corrected chi connectivity index (χ0v) is 25.6. The van der Waals surface area contributed by atoms with Gasteiger partial charge in [-0.05, 0) is 76.0 Å². The number of unbranched alkanes of at least 4 members (excludes halogenated alkanes) is 2. The lowest BCUT2D eigenvalue weighted by atomic mass is 10.2. The van der Waals surface area contributed by atoms with E-state index in [0.717, 1.165) is 57.4 Å². The van der Waals surface area contributed by atoms with Crippen LogP contribution in [-0.2, 0) is 9.53 Å². The van der Waals surface area contributed by atoms with Gasteiger partial charge in [0.25, 0.3) is 0 Å². The van der Waals surface area contributed by atoms with Crippen molar-refractivity contribution in [1.82, 2.24) is 10.6 Å². The van der Waals surface area contributed by atoms with E-state index >= 15 is 0 Å². The predicted octanol–water partition coefficient (Wildman–Crippen LogP) is 7.05. The van der Waals surface area contributed by atoms with E-state index in [2.05, 4.69) is 83.6 Å². The second-order valence-electron chi connectivity index (χ2n) is 9.68. The molecule has 0 radical (unpaired) electrons. The second-order valence-corrected chi connectivity index (χ2v) is 9.68. The zero-order valence-electron chi connectivity index (χ0n) is 25.6. The number of aromatic hydroxyl groups is 1. The van der Waals surface area contributed by atoms with E-state index in [0.29, 0.717) is 13.0 Å². The molecule has 43 heavy (non-hydrogen) atoms. The van der Waals surface area contributed by atoms with Gasteiger partial charge in [-0.1, -0.05) is 74.6 Å². The van der Waals surface area contributed by atoms with Crippen LogP contribution >= 0.6 is 0 Å². The maximum absolute atomic E-state index is 12.4. The number of nitrogens with one attached hydrogen (secondary N) is 3. The van der Waals surface area contributed by atoms with Crippen LogP contribution in [0.4, 0.5) is 10.5 Å². The topological polar surface area (TPSA) is 137 Å². The molecular weight excluding hydrogens is 546 g/mol. The van der Waals surface area contributed by atoms with Gasteiger partial charge in [-0.25, -0.2) is 9.59 Å². The third-order valence-electron chi connectivity index (χ3n) is 6.10. The number of carbonyl (C=O) groups excluding carboxylic acids is 2. The summed E-state index contributed by atoms with van der Waals surface area (Å²) < 4.78 is 5.75. The quantitative estimate of drug-likeness (QED) is 0.0554. The van der Waals surface area contributed by atoms with Crippen LogP contribution in [-0.4, -0.2) is 53.9 Å². The molecule has 0 unspecified atom stereocenters. The number of anilines is 1. The van der Waals surface area contributed by atoms with Gasteiger partial charge < -0.3 is 30.9 Å². The summed E-state index contributed by atoms with van der Waals surface area (Å²) in [6.07, 6.45) is 29.6. The monoisotopic (exact) mass is 595 g/mol. The van der Waals surface area contributed by atoms with Gasteiger partial charge in [0, 0.05) is 25.4 Å². The van der Waals surface area contributed by atoms with E-state index in [1.54, 1.807) is 0 Å². The van der Waals surface area contributed by atoms with Gasteiger partial charge in [-0.15, -0.1) is 0 Å². The number of rotatable bonds is 22. The predicted molar refractivity (Wildman–Crippen MR) is 173 cm³/mol.